The molecule has 0 bridgehead atoms. The SMILES string of the molecule is CCc1nc([C@H](C)N(C(=O)[C@H]2CNCCO2)C2CC2)cc2c1c(C(F)(F)F)cn2CCCCO. The first-order valence-electron chi connectivity index (χ1n) is 12.1. The molecule has 0 unspecified atom stereocenters. The Morgan fingerprint density at radius 1 is 1.38 bits per heavy atom. The molecule has 2 fully saturated rings. The van der Waals surface area contributed by atoms with Crippen LogP contribution in [0.3, 0.4) is 0 Å². The third-order valence-corrected chi connectivity index (χ3v) is 6.65. The molecular formula is C24H33F3N4O3. The third kappa shape index (κ3) is 5.08. The minimum absolute atomic E-state index is 0.00800. The molecular weight excluding hydrogens is 449 g/mol. The Kier molecular flexibility index (Phi) is 7.49. The molecule has 1 saturated heterocycles. The van der Waals surface area contributed by atoms with Gasteiger partial charge in [-0.2, -0.15) is 13.2 Å². The van der Waals surface area contributed by atoms with Crippen molar-refractivity contribution in [2.75, 3.05) is 26.3 Å². The van der Waals surface area contributed by atoms with Crippen LogP contribution in [0.5, 0.6) is 0 Å². The summed E-state index contributed by atoms with van der Waals surface area (Å²) in [6.45, 7) is 5.66. The molecule has 2 aromatic rings. The molecule has 2 N–H and O–H groups in total. The van der Waals surface area contributed by atoms with E-state index in [-0.39, 0.29) is 23.9 Å². The van der Waals surface area contributed by atoms with E-state index < -0.39 is 23.9 Å². The van der Waals surface area contributed by atoms with Gasteiger partial charge in [0.05, 0.1) is 35.1 Å². The summed E-state index contributed by atoms with van der Waals surface area (Å²) in [7, 11) is 0. The smallest absolute Gasteiger partial charge is 0.396 e. The number of hydrogen-bond acceptors (Lipinski definition) is 5. The van der Waals surface area contributed by atoms with Gasteiger partial charge in [0.15, 0.2) is 0 Å². The summed E-state index contributed by atoms with van der Waals surface area (Å²) in [6, 6.07) is 1.41. The van der Waals surface area contributed by atoms with Gasteiger partial charge < -0.3 is 24.6 Å². The van der Waals surface area contributed by atoms with Gasteiger partial charge in [-0.3, -0.25) is 9.78 Å². The number of morpholine rings is 1. The molecule has 10 heteroatoms. The Hall–Kier alpha value is -2.17. The number of carbonyl (C=O) groups excluding carboxylic acids is 1. The van der Waals surface area contributed by atoms with E-state index in [9.17, 15) is 18.0 Å². The Morgan fingerprint density at radius 3 is 2.74 bits per heavy atom. The summed E-state index contributed by atoms with van der Waals surface area (Å²) >= 11 is 0. The number of alkyl halides is 3. The molecule has 34 heavy (non-hydrogen) atoms. The first-order valence-corrected chi connectivity index (χ1v) is 12.1. The van der Waals surface area contributed by atoms with E-state index in [0.29, 0.717) is 62.4 Å². The fourth-order valence-electron chi connectivity index (χ4n) is 4.75. The largest absolute Gasteiger partial charge is 0.418 e. The van der Waals surface area contributed by atoms with Crippen LogP contribution in [0.25, 0.3) is 10.9 Å². The standard InChI is InChI=1S/C24H33F3N4O3/c1-3-18-22-17(24(25,26)27)14-30(9-4-5-10-32)20(22)12-19(29-18)15(2)31(16-6-7-16)23(33)21-13-28-8-11-34-21/h12,14-16,21,28,32H,3-11,13H2,1-2H3/t15-,21+/m0/s1. The van der Waals surface area contributed by atoms with Crippen LogP contribution < -0.4 is 5.32 Å². The molecule has 2 aromatic heterocycles. The Bertz CT molecular complexity index is 1010. The number of hydrogen-bond donors (Lipinski definition) is 2. The number of aryl methyl sites for hydroxylation is 2. The maximum Gasteiger partial charge on any atom is 0.418 e. The van der Waals surface area contributed by atoms with Crippen LogP contribution in [-0.2, 0) is 28.7 Å². The average Bonchev–Trinajstić information content (AvgIpc) is 3.58. The highest BCUT2D eigenvalue weighted by Gasteiger charge is 2.41. The van der Waals surface area contributed by atoms with Gasteiger partial charge >= 0.3 is 6.18 Å². The number of amides is 1. The highest BCUT2D eigenvalue weighted by molar-refractivity contribution is 5.88. The van der Waals surface area contributed by atoms with Crippen LogP contribution in [0.2, 0.25) is 0 Å². The minimum Gasteiger partial charge on any atom is -0.396 e. The second kappa shape index (κ2) is 10.2. The second-order valence-electron chi connectivity index (χ2n) is 9.12. The molecule has 2 atom stereocenters. The molecule has 0 spiro atoms. The molecule has 1 saturated carbocycles. The normalized spacial score (nSPS) is 20.0. The zero-order chi connectivity index (χ0) is 24.5. The van der Waals surface area contributed by atoms with Crippen molar-refractivity contribution in [1.82, 2.24) is 19.8 Å². The molecule has 1 aliphatic heterocycles. The van der Waals surface area contributed by atoms with E-state index in [4.69, 9.17) is 9.84 Å². The fourth-order valence-corrected chi connectivity index (χ4v) is 4.75. The van der Waals surface area contributed by atoms with Gasteiger partial charge in [-0.05, 0) is 45.1 Å². The number of unbranched alkanes of at least 4 members (excludes halogenated alkanes) is 1. The number of pyridine rings is 1. The number of fused-ring (bicyclic) bond motifs is 1. The van der Waals surface area contributed by atoms with E-state index in [1.807, 2.05) is 11.8 Å². The van der Waals surface area contributed by atoms with E-state index in [1.165, 1.54) is 0 Å². The molecule has 188 valence electrons. The van der Waals surface area contributed by atoms with Crippen LogP contribution in [0.4, 0.5) is 13.2 Å². The van der Waals surface area contributed by atoms with Crippen LogP contribution in [0.15, 0.2) is 12.3 Å². The molecule has 7 nitrogen and oxygen atoms in total. The van der Waals surface area contributed by atoms with Crippen molar-refractivity contribution >= 4 is 16.8 Å². The number of nitrogens with one attached hydrogen (secondary N) is 1. The van der Waals surface area contributed by atoms with Crippen molar-refractivity contribution in [1.29, 1.82) is 0 Å². The number of nitrogens with zero attached hydrogens (tertiary/aromatic N) is 3. The second-order valence-corrected chi connectivity index (χ2v) is 9.12. The van der Waals surface area contributed by atoms with E-state index in [0.717, 1.165) is 19.0 Å². The number of halogens is 3. The molecule has 1 aliphatic carbocycles. The summed E-state index contributed by atoms with van der Waals surface area (Å²) in [5, 5.41) is 12.4. The maximum absolute atomic E-state index is 13.9. The molecule has 3 heterocycles. The Morgan fingerprint density at radius 2 is 2.15 bits per heavy atom. The molecule has 4 rings (SSSR count). The Balaban J connectivity index is 1.75. The van der Waals surface area contributed by atoms with Gasteiger partial charge in [-0.25, -0.2) is 0 Å². The number of aromatic nitrogens is 2. The van der Waals surface area contributed by atoms with Crippen molar-refractivity contribution < 1.29 is 27.8 Å². The number of ether oxygens (including phenoxy) is 1. The zero-order valence-electron chi connectivity index (χ0n) is 19.7. The van der Waals surface area contributed by atoms with Gasteiger partial charge in [-0.1, -0.05) is 6.92 Å². The zero-order valence-corrected chi connectivity index (χ0v) is 19.7. The quantitative estimate of drug-likeness (QED) is 0.536. The van der Waals surface area contributed by atoms with Crippen LogP contribution in [0.1, 0.15) is 62.5 Å². The fraction of sp³-hybridized carbons (Fsp3) is 0.667. The number of rotatable bonds is 9. The molecule has 2 aliphatic rings. The minimum atomic E-state index is -4.50. The summed E-state index contributed by atoms with van der Waals surface area (Å²) in [4.78, 5) is 19.8. The van der Waals surface area contributed by atoms with Crippen LogP contribution >= 0.6 is 0 Å². The summed E-state index contributed by atoms with van der Waals surface area (Å²) in [5.41, 5.74) is 0.750. The van der Waals surface area contributed by atoms with Crippen molar-refractivity contribution in [3.05, 3.63) is 29.2 Å². The van der Waals surface area contributed by atoms with Crippen molar-refractivity contribution in [2.45, 2.75) is 76.9 Å². The monoisotopic (exact) mass is 482 g/mol. The summed E-state index contributed by atoms with van der Waals surface area (Å²) in [6.07, 6.45) is -0.702. The number of carbonyl (C=O) groups is 1. The lowest BCUT2D eigenvalue weighted by molar-refractivity contribution is -0.148. The maximum atomic E-state index is 13.9. The highest BCUT2D eigenvalue weighted by Crippen LogP contribution is 2.40. The van der Waals surface area contributed by atoms with Crippen LogP contribution in [0, 0.1) is 0 Å². The number of aliphatic hydroxyl groups is 1. The summed E-state index contributed by atoms with van der Waals surface area (Å²) in [5.74, 6) is -0.101. The van der Waals surface area contributed by atoms with Gasteiger partial charge in [0, 0.05) is 43.9 Å². The number of aliphatic hydroxyl groups excluding tert-OH is 1. The predicted octanol–water partition coefficient (Wildman–Crippen LogP) is 3.43. The van der Waals surface area contributed by atoms with E-state index >= 15 is 0 Å². The van der Waals surface area contributed by atoms with Crippen LogP contribution in [-0.4, -0.2) is 63.9 Å². The topological polar surface area (TPSA) is 79.6 Å². The predicted molar refractivity (Wildman–Crippen MR) is 121 cm³/mol. The van der Waals surface area contributed by atoms with Gasteiger partial charge in [0.1, 0.15) is 6.10 Å². The van der Waals surface area contributed by atoms with Gasteiger partial charge in [0.25, 0.3) is 5.91 Å². The van der Waals surface area contributed by atoms with Crippen molar-refractivity contribution in [3.63, 3.8) is 0 Å². The lowest BCUT2D eigenvalue weighted by Crippen LogP contribution is -2.50. The summed E-state index contributed by atoms with van der Waals surface area (Å²) < 4.78 is 49.0. The van der Waals surface area contributed by atoms with Crippen molar-refractivity contribution in [3.8, 4) is 0 Å². The first-order chi connectivity index (χ1) is 16.3. The average molecular weight is 483 g/mol. The van der Waals surface area contributed by atoms with Gasteiger partial charge in [-0.15, -0.1) is 0 Å². The lowest BCUT2D eigenvalue weighted by atomic mass is 10.1. The molecule has 1 amide bonds. The van der Waals surface area contributed by atoms with Crippen molar-refractivity contribution in [2.24, 2.45) is 0 Å². The highest BCUT2D eigenvalue weighted by atomic mass is 19.4. The van der Waals surface area contributed by atoms with Gasteiger partial charge in [0.2, 0.25) is 0 Å². The molecule has 0 radical (unpaired) electrons. The first kappa shape index (κ1) is 24.9. The van der Waals surface area contributed by atoms with E-state index in [2.05, 4.69) is 10.3 Å². The van der Waals surface area contributed by atoms with E-state index in [1.54, 1.807) is 17.6 Å². The third-order valence-electron chi connectivity index (χ3n) is 6.65. The Labute approximate surface area is 197 Å². The molecule has 0 aromatic carbocycles. The lowest BCUT2D eigenvalue weighted by Gasteiger charge is -2.34.